The van der Waals surface area contributed by atoms with Crippen molar-refractivity contribution in [3.05, 3.63) is 70.9 Å². The molecule has 1 aromatic heterocycles. The maximum Gasteiger partial charge on any atom is 0.225 e. The van der Waals surface area contributed by atoms with E-state index in [4.69, 9.17) is 16.3 Å². The van der Waals surface area contributed by atoms with Crippen LogP contribution < -0.4 is 15.4 Å². The highest BCUT2D eigenvalue weighted by atomic mass is 35.5. The standard InChI is InChI=1S/C20H21ClN4O/c1-13-11-17(18(26-3)12-16(13)21)24-19-9-10-22-20(25-19)23-14(2)15-7-5-4-6-8-15/h4-12,14H,1-3H3,(H2,22,23,24,25). The van der Waals surface area contributed by atoms with Gasteiger partial charge in [0.15, 0.2) is 0 Å². The van der Waals surface area contributed by atoms with Gasteiger partial charge in [0.2, 0.25) is 5.95 Å². The molecule has 3 rings (SSSR count). The molecule has 1 atom stereocenters. The van der Waals surface area contributed by atoms with Gasteiger partial charge in [-0.1, -0.05) is 41.9 Å². The molecule has 0 aliphatic heterocycles. The molecule has 2 aromatic carbocycles. The second-order valence-electron chi connectivity index (χ2n) is 5.97. The lowest BCUT2D eigenvalue weighted by atomic mass is 10.1. The lowest BCUT2D eigenvalue weighted by molar-refractivity contribution is 0.416. The van der Waals surface area contributed by atoms with Crippen molar-refractivity contribution in [3.63, 3.8) is 0 Å². The summed E-state index contributed by atoms with van der Waals surface area (Å²) < 4.78 is 5.40. The van der Waals surface area contributed by atoms with Gasteiger partial charge >= 0.3 is 0 Å². The highest BCUT2D eigenvalue weighted by Crippen LogP contribution is 2.32. The third-order valence-electron chi connectivity index (χ3n) is 4.04. The van der Waals surface area contributed by atoms with E-state index in [0.717, 1.165) is 11.3 Å². The monoisotopic (exact) mass is 368 g/mol. The van der Waals surface area contributed by atoms with Crippen LogP contribution in [0, 0.1) is 6.92 Å². The molecular weight excluding hydrogens is 348 g/mol. The molecular formula is C20H21ClN4O. The first-order chi connectivity index (χ1) is 12.6. The first-order valence-electron chi connectivity index (χ1n) is 8.32. The summed E-state index contributed by atoms with van der Waals surface area (Å²) in [5, 5.41) is 7.25. The molecule has 0 aliphatic rings. The minimum atomic E-state index is 0.0961. The highest BCUT2D eigenvalue weighted by molar-refractivity contribution is 6.31. The molecule has 0 radical (unpaired) electrons. The van der Waals surface area contributed by atoms with Crippen molar-refractivity contribution in [2.24, 2.45) is 0 Å². The predicted octanol–water partition coefficient (Wildman–Crippen LogP) is 5.36. The lowest BCUT2D eigenvalue weighted by Gasteiger charge is -2.16. The normalized spacial score (nSPS) is 11.7. The van der Waals surface area contributed by atoms with Gasteiger partial charge in [0, 0.05) is 17.3 Å². The third-order valence-corrected chi connectivity index (χ3v) is 4.45. The van der Waals surface area contributed by atoms with Crippen molar-refractivity contribution < 1.29 is 4.74 Å². The lowest BCUT2D eigenvalue weighted by Crippen LogP contribution is -2.10. The van der Waals surface area contributed by atoms with Crippen molar-refractivity contribution in [1.29, 1.82) is 0 Å². The number of nitrogens with zero attached hydrogens (tertiary/aromatic N) is 2. The third kappa shape index (κ3) is 4.24. The van der Waals surface area contributed by atoms with Gasteiger partial charge in [0.1, 0.15) is 11.6 Å². The smallest absolute Gasteiger partial charge is 0.225 e. The van der Waals surface area contributed by atoms with Crippen LogP contribution in [0.2, 0.25) is 5.02 Å². The fourth-order valence-corrected chi connectivity index (χ4v) is 2.74. The number of aromatic nitrogens is 2. The van der Waals surface area contributed by atoms with Crippen LogP contribution in [-0.2, 0) is 0 Å². The number of hydrogen-bond acceptors (Lipinski definition) is 5. The van der Waals surface area contributed by atoms with E-state index in [2.05, 4.69) is 39.7 Å². The second kappa shape index (κ2) is 8.06. The van der Waals surface area contributed by atoms with Gasteiger partial charge in [0.05, 0.1) is 18.8 Å². The van der Waals surface area contributed by atoms with Crippen LogP contribution >= 0.6 is 11.6 Å². The molecule has 0 amide bonds. The first kappa shape index (κ1) is 18.0. The number of nitrogens with one attached hydrogen (secondary N) is 2. The van der Waals surface area contributed by atoms with Gasteiger partial charge < -0.3 is 15.4 Å². The van der Waals surface area contributed by atoms with Crippen molar-refractivity contribution in [2.75, 3.05) is 17.7 Å². The number of ether oxygens (including phenoxy) is 1. The summed E-state index contributed by atoms with van der Waals surface area (Å²) in [4.78, 5) is 8.85. The van der Waals surface area contributed by atoms with Crippen molar-refractivity contribution >= 4 is 29.1 Å². The Morgan fingerprint density at radius 2 is 1.88 bits per heavy atom. The van der Waals surface area contributed by atoms with Gasteiger partial charge in [-0.25, -0.2) is 4.98 Å². The Hall–Kier alpha value is -2.79. The minimum Gasteiger partial charge on any atom is -0.495 e. The summed E-state index contributed by atoms with van der Waals surface area (Å²) in [6.45, 7) is 4.02. The van der Waals surface area contributed by atoms with E-state index in [1.807, 2.05) is 37.3 Å². The van der Waals surface area contributed by atoms with Crippen molar-refractivity contribution in [3.8, 4) is 5.75 Å². The highest BCUT2D eigenvalue weighted by Gasteiger charge is 2.10. The summed E-state index contributed by atoms with van der Waals surface area (Å²) in [5.74, 6) is 1.88. The maximum atomic E-state index is 6.16. The van der Waals surface area contributed by atoms with E-state index < -0.39 is 0 Å². The molecule has 3 aromatic rings. The number of halogens is 1. The molecule has 6 heteroatoms. The molecule has 134 valence electrons. The summed E-state index contributed by atoms with van der Waals surface area (Å²) in [6.07, 6.45) is 1.71. The van der Waals surface area contributed by atoms with E-state index >= 15 is 0 Å². The topological polar surface area (TPSA) is 59.1 Å². The minimum absolute atomic E-state index is 0.0961. The van der Waals surface area contributed by atoms with Crippen molar-refractivity contribution in [1.82, 2.24) is 9.97 Å². The van der Waals surface area contributed by atoms with Crippen LogP contribution in [0.15, 0.2) is 54.7 Å². The molecule has 0 fully saturated rings. The van der Waals surface area contributed by atoms with E-state index in [-0.39, 0.29) is 6.04 Å². The second-order valence-corrected chi connectivity index (χ2v) is 6.38. The van der Waals surface area contributed by atoms with Gasteiger partial charge in [-0.2, -0.15) is 4.98 Å². The van der Waals surface area contributed by atoms with Crippen LogP contribution in [0.25, 0.3) is 0 Å². The Morgan fingerprint density at radius 3 is 2.62 bits per heavy atom. The quantitative estimate of drug-likeness (QED) is 0.613. The molecule has 0 saturated carbocycles. The number of anilines is 3. The fraction of sp³-hybridized carbons (Fsp3) is 0.200. The molecule has 1 unspecified atom stereocenters. The Labute approximate surface area is 158 Å². The summed E-state index contributed by atoms with van der Waals surface area (Å²) in [7, 11) is 1.61. The molecule has 2 N–H and O–H groups in total. The summed E-state index contributed by atoms with van der Waals surface area (Å²) in [5.41, 5.74) is 2.93. The van der Waals surface area contributed by atoms with Gasteiger partial charge in [-0.15, -0.1) is 0 Å². The predicted molar refractivity (Wildman–Crippen MR) is 107 cm³/mol. The molecule has 1 heterocycles. The number of hydrogen-bond donors (Lipinski definition) is 2. The molecule has 0 spiro atoms. The van der Waals surface area contributed by atoms with Crippen LogP contribution in [0.4, 0.5) is 17.5 Å². The zero-order valence-electron chi connectivity index (χ0n) is 15.0. The van der Waals surface area contributed by atoms with Crippen LogP contribution in [-0.4, -0.2) is 17.1 Å². The zero-order chi connectivity index (χ0) is 18.5. The SMILES string of the molecule is COc1cc(Cl)c(C)cc1Nc1ccnc(NC(C)c2ccccc2)n1. The Kier molecular flexibility index (Phi) is 5.58. The van der Waals surface area contributed by atoms with Crippen LogP contribution in [0.1, 0.15) is 24.1 Å². The van der Waals surface area contributed by atoms with E-state index in [0.29, 0.717) is 22.5 Å². The summed E-state index contributed by atoms with van der Waals surface area (Å²) in [6, 6.07) is 15.8. The molecule has 26 heavy (non-hydrogen) atoms. The largest absolute Gasteiger partial charge is 0.495 e. The van der Waals surface area contributed by atoms with Crippen LogP contribution in [0.5, 0.6) is 5.75 Å². The number of rotatable bonds is 6. The first-order valence-corrected chi connectivity index (χ1v) is 8.70. The Bertz CT molecular complexity index is 886. The zero-order valence-corrected chi connectivity index (χ0v) is 15.7. The number of benzene rings is 2. The number of aryl methyl sites for hydroxylation is 1. The number of methoxy groups -OCH3 is 1. The Balaban J connectivity index is 1.79. The molecule has 0 aliphatic carbocycles. The van der Waals surface area contributed by atoms with Gasteiger partial charge in [-0.05, 0) is 37.1 Å². The van der Waals surface area contributed by atoms with E-state index in [1.54, 1.807) is 19.4 Å². The average Bonchev–Trinajstić information content (AvgIpc) is 2.65. The van der Waals surface area contributed by atoms with Gasteiger partial charge in [-0.3, -0.25) is 0 Å². The van der Waals surface area contributed by atoms with Crippen LogP contribution in [0.3, 0.4) is 0 Å². The summed E-state index contributed by atoms with van der Waals surface area (Å²) >= 11 is 6.16. The fourth-order valence-electron chi connectivity index (χ4n) is 2.58. The van der Waals surface area contributed by atoms with E-state index in [9.17, 15) is 0 Å². The van der Waals surface area contributed by atoms with E-state index in [1.165, 1.54) is 5.56 Å². The molecule has 0 saturated heterocycles. The maximum absolute atomic E-state index is 6.16. The molecule has 5 nitrogen and oxygen atoms in total. The Morgan fingerprint density at radius 1 is 1.12 bits per heavy atom. The molecule has 0 bridgehead atoms. The van der Waals surface area contributed by atoms with Gasteiger partial charge in [0.25, 0.3) is 0 Å². The average molecular weight is 369 g/mol. The van der Waals surface area contributed by atoms with Crippen molar-refractivity contribution in [2.45, 2.75) is 19.9 Å².